The minimum Gasteiger partial charge on any atom is -0.319 e. The van der Waals surface area contributed by atoms with Crippen LogP contribution >= 0.6 is 11.6 Å². The zero-order valence-corrected chi connectivity index (χ0v) is 11.4. The lowest BCUT2D eigenvalue weighted by atomic mass is 10.3. The molecule has 0 fully saturated rings. The van der Waals surface area contributed by atoms with Crippen molar-refractivity contribution in [3.8, 4) is 0 Å². The van der Waals surface area contributed by atoms with E-state index >= 15 is 0 Å². The van der Waals surface area contributed by atoms with Gasteiger partial charge in [-0.3, -0.25) is 0 Å². The van der Waals surface area contributed by atoms with Crippen molar-refractivity contribution in [1.82, 2.24) is 24.3 Å². The number of para-hydroxylation sites is 2. The third kappa shape index (κ3) is 2.10. The number of nitrogens with zero attached hydrogens (tertiary/aromatic N) is 5. The largest absolute Gasteiger partial charge is 0.319 e. The van der Waals surface area contributed by atoms with E-state index in [4.69, 9.17) is 11.6 Å². The summed E-state index contributed by atoms with van der Waals surface area (Å²) in [5.41, 5.74) is 2.03. The number of imidazole rings is 1. The van der Waals surface area contributed by atoms with Gasteiger partial charge in [-0.1, -0.05) is 12.1 Å². The molecule has 6 heteroatoms. The number of hydrogen-bond acceptors (Lipinski definition) is 3. The summed E-state index contributed by atoms with van der Waals surface area (Å²) < 4.78 is 4.12. The van der Waals surface area contributed by atoms with Crippen molar-refractivity contribution in [3.63, 3.8) is 0 Å². The predicted octanol–water partition coefficient (Wildman–Crippen LogP) is 2.43. The van der Waals surface area contributed by atoms with Crippen LogP contribution in [0.1, 0.15) is 18.6 Å². The van der Waals surface area contributed by atoms with Crippen LogP contribution in [0.3, 0.4) is 0 Å². The fraction of sp³-hybridized carbons (Fsp3) is 0.308. The number of aromatic nitrogens is 5. The number of benzene rings is 1. The molecule has 0 N–H and O–H groups in total. The molecule has 0 unspecified atom stereocenters. The summed E-state index contributed by atoms with van der Waals surface area (Å²) in [4.78, 5) is 4.54. The quantitative estimate of drug-likeness (QED) is 0.687. The highest BCUT2D eigenvalue weighted by molar-refractivity contribution is 6.16. The second-order valence-corrected chi connectivity index (χ2v) is 4.54. The van der Waals surface area contributed by atoms with Crippen LogP contribution in [0.2, 0.25) is 0 Å². The van der Waals surface area contributed by atoms with Crippen molar-refractivity contribution in [2.24, 2.45) is 0 Å². The van der Waals surface area contributed by atoms with Gasteiger partial charge in [0.15, 0.2) is 5.82 Å². The highest BCUT2D eigenvalue weighted by atomic mass is 35.5. The topological polar surface area (TPSA) is 48.5 Å². The lowest BCUT2D eigenvalue weighted by Gasteiger charge is -2.08. The Bertz CT molecular complexity index is 700. The zero-order valence-electron chi connectivity index (χ0n) is 10.6. The van der Waals surface area contributed by atoms with E-state index in [2.05, 4.69) is 26.7 Å². The van der Waals surface area contributed by atoms with E-state index in [1.165, 1.54) is 0 Å². The Hall–Kier alpha value is -1.88. The number of aryl methyl sites for hydroxylation is 1. The minimum atomic E-state index is 0.384. The van der Waals surface area contributed by atoms with Gasteiger partial charge in [0.25, 0.3) is 0 Å². The van der Waals surface area contributed by atoms with Gasteiger partial charge in [-0.2, -0.15) is 0 Å². The average Bonchev–Trinajstić information content (AvgIpc) is 3.04. The third-order valence-electron chi connectivity index (χ3n) is 3.19. The summed E-state index contributed by atoms with van der Waals surface area (Å²) in [7, 11) is 0. The molecule has 3 aromatic rings. The Morgan fingerprint density at radius 2 is 2.05 bits per heavy atom. The maximum Gasteiger partial charge on any atom is 0.152 e. The average molecular weight is 276 g/mol. The van der Waals surface area contributed by atoms with Crippen molar-refractivity contribution in [3.05, 3.63) is 42.2 Å². The fourth-order valence-electron chi connectivity index (χ4n) is 2.21. The van der Waals surface area contributed by atoms with Crippen molar-refractivity contribution >= 4 is 22.6 Å². The Morgan fingerprint density at radius 3 is 2.84 bits per heavy atom. The smallest absolute Gasteiger partial charge is 0.152 e. The van der Waals surface area contributed by atoms with Gasteiger partial charge in [-0.25, -0.2) is 4.98 Å². The molecule has 0 spiro atoms. The van der Waals surface area contributed by atoms with Gasteiger partial charge >= 0.3 is 0 Å². The van der Waals surface area contributed by atoms with E-state index in [0.717, 1.165) is 29.2 Å². The molecule has 0 amide bonds. The molecule has 2 heterocycles. The number of hydrogen-bond donors (Lipinski definition) is 0. The molecule has 0 aliphatic carbocycles. The first-order valence-corrected chi connectivity index (χ1v) is 6.73. The van der Waals surface area contributed by atoms with Crippen LogP contribution in [-0.2, 0) is 19.0 Å². The minimum absolute atomic E-state index is 0.384. The molecule has 19 heavy (non-hydrogen) atoms. The normalized spacial score (nSPS) is 11.3. The standard InChI is InChI=1S/C13H14ClN5/c1-2-18-9-15-17-13(18)8-19-11-6-4-3-5-10(11)16-12(19)7-14/h3-6,9H,2,7-8H2,1H3. The van der Waals surface area contributed by atoms with E-state index in [1.54, 1.807) is 6.33 Å². The zero-order chi connectivity index (χ0) is 13.2. The molecular weight excluding hydrogens is 262 g/mol. The first-order chi connectivity index (χ1) is 9.33. The van der Waals surface area contributed by atoms with Gasteiger partial charge < -0.3 is 9.13 Å². The molecule has 3 rings (SSSR count). The van der Waals surface area contributed by atoms with Gasteiger partial charge in [-0.05, 0) is 19.1 Å². The predicted molar refractivity (Wildman–Crippen MR) is 74.1 cm³/mol. The molecule has 0 saturated heterocycles. The molecule has 0 radical (unpaired) electrons. The van der Waals surface area contributed by atoms with E-state index in [-0.39, 0.29) is 0 Å². The van der Waals surface area contributed by atoms with E-state index in [1.807, 2.05) is 28.8 Å². The molecule has 0 atom stereocenters. The first kappa shape index (κ1) is 12.2. The lowest BCUT2D eigenvalue weighted by Crippen LogP contribution is -2.09. The molecule has 98 valence electrons. The molecular formula is C13H14ClN5. The van der Waals surface area contributed by atoms with Crippen LogP contribution in [0.15, 0.2) is 30.6 Å². The van der Waals surface area contributed by atoms with E-state index < -0.39 is 0 Å². The second-order valence-electron chi connectivity index (χ2n) is 4.27. The summed E-state index contributed by atoms with van der Waals surface area (Å²) in [5.74, 6) is 2.15. The van der Waals surface area contributed by atoms with Crippen molar-refractivity contribution in [1.29, 1.82) is 0 Å². The highest BCUT2D eigenvalue weighted by Crippen LogP contribution is 2.18. The molecule has 5 nitrogen and oxygen atoms in total. The van der Waals surface area contributed by atoms with Gasteiger partial charge in [0, 0.05) is 6.54 Å². The SMILES string of the molecule is CCn1cnnc1Cn1c(CCl)nc2ccccc21. The van der Waals surface area contributed by atoms with Gasteiger partial charge in [0.1, 0.15) is 12.2 Å². The van der Waals surface area contributed by atoms with Gasteiger partial charge in [-0.15, -0.1) is 21.8 Å². The molecule has 0 saturated carbocycles. The summed E-state index contributed by atoms with van der Waals surface area (Å²) in [6.07, 6.45) is 1.74. The van der Waals surface area contributed by atoms with Crippen LogP contribution < -0.4 is 0 Å². The van der Waals surface area contributed by atoms with Crippen molar-refractivity contribution < 1.29 is 0 Å². The Balaban J connectivity index is 2.09. The molecule has 0 aliphatic rings. The number of halogens is 1. The third-order valence-corrected chi connectivity index (χ3v) is 3.43. The second kappa shape index (κ2) is 5.01. The van der Waals surface area contributed by atoms with Crippen molar-refractivity contribution in [2.75, 3.05) is 0 Å². The van der Waals surface area contributed by atoms with E-state index in [0.29, 0.717) is 12.4 Å². The maximum absolute atomic E-state index is 5.99. The Morgan fingerprint density at radius 1 is 1.21 bits per heavy atom. The lowest BCUT2D eigenvalue weighted by molar-refractivity contribution is 0.648. The molecule has 0 aliphatic heterocycles. The monoisotopic (exact) mass is 275 g/mol. The van der Waals surface area contributed by atoms with Crippen LogP contribution in [0.25, 0.3) is 11.0 Å². The number of alkyl halides is 1. The summed E-state index contributed by atoms with van der Waals surface area (Å²) in [6.45, 7) is 3.56. The van der Waals surface area contributed by atoms with Gasteiger partial charge in [0.2, 0.25) is 0 Å². The van der Waals surface area contributed by atoms with Crippen LogP contribution in [-0.4, -0.2) is 24.3 Å². The van der Waals surface area contributed by atoms with Crippen LogP contribution in [0.5, 0.6) is 0 Å². The summed E-state index contributed by atoms with van der Waals surface area (Å²) in [6, 6.07) is 8.02. The molecule has 2 aromatic heterocycles. The highest BCUT2D eigenvalue weighted by Gasteiger charge is 2.12. The molecule has 1 aromatic carbocycles. The first-order valence-electron chi connectivity index (χ1n) is 6.20. The van der Waals surface area contributed by atoms with E-state index in [9.17, 15) is 0 Å². The van der Waals surface area contributed by atoms with Gasteiger partial charge in [0.05, 0.1) is 23.5 Å². The molecule has 0 bridgehead atoms. The Kier molecular flexibility index (Phi) is 3.21. The summed E-state index contributed by atoms with van der Waals surface area (Å²) >= 11 is 5.99. The fourth-order valence-corrected chi connectivity index (χ4v) is 2.41. The summed E-state index contributed by atoms with van der Waals surface area (Å²) in [5, 5.41) is 8.12. The number of rotatable bonds is 4. The maximum atomic E-state index is 5.99. The Labute approximate surface area is 115 Å². The van der Waals surface area contributed by atoms with Crippen molar-refractivity contribution in [2.45, 2.75) is 25.9 Å². The van der Waals surface area contributed by atoms with Crippen LogP contribution in [0, 0.1) is 0 Å². The van der Waals surface area contributed by atoms with Crippen LogP contribution in [0.4, 0.5) is 0 Å². The number of fused-ring (bicyclic) bond motifs is 1.